The van der Waals surface area contributed by atoms with E-state index in [1.165, 1.54) is 5.56 Å². The highest BCUT2D eigenvalue weighted by Crippen LogP contribution is 2.18. The van der Waals surface area contributed by atoms with E-state index in [4.69, 9.17) is 5.73 Å². The van der Waals surface area contributed by atoms with Crippen LogP contribution >= 0.6 is 11.3 Å². The first kappa shape index (κ1) is 12.3. The molecule has 2 aromatic rings. The molecule has 0 bridgehead atoms. The standard InChI is InChI=1S/C13H19N3S/c1-3-10(2)16-6-4-12(15-16)8-13(14)11-5-7-17-9-11/h4-7,9-10,13H,3,8,14H2,1-2H3. The first-order valence-corrected chi connectivity index (χ1v) is 6.96. The number of aromatic nitrogens is 2. The molecule has 2 aromatic heterocycles. The summed E-state index contributed by atoms with van der Waals surface area (Å²) in [5.74, 6) is 0. The Morgan fingerprint density at radius 2 is 2.29 bits per heavy atom. The van der Waals surface area contributed by atoms with Gasteiger partial charge in [-0.05, 0) is 41.8 Å². The second kappa shape index (κ2) is 5.47. The van der Waals surface area contributed by atoms with Crippen molar-refractivity contribution in [1.29, 1.82) is 0 Å². The van der Waals surface area contributed by atoms with Gasteiger partial charge in [-0.3, -0.25) is 4.68 Å². The van der Waals surface area contributed by atoms with Crippen molar-refractivity contribution in [1.82, 2.24) is 9.78 Å². The minimum Gasteiger partial charge on any atom is -0.324 e. The molecule has 0 fully saturated rings. The molecular formula is C13H19N3S. The molecule has 0 aliphatic heterocycles. The van der Waals surface area contributed by atoms with Gasteiger partial charge in [-0.15, -0.1) is 0 Å². The van der Waals surface area contributed by atoms with Gasteiger partial charge in [-0.2, -0.15) is 16.4 Å². The molecule has 0 spiro atoms. The zero-order valence-corrected chi connectivity index (χ0v) is 11.2. The summed E-state index contributed by atoms with van der Waals surface area (Å²) in [6, 6.07) is 4.67. The molecule has 2 N–H and O–H groups in total. The van der Waals surface area contributed by atoms with Crippen LogP contribution in [0.2, 0.25) is 0 Å². The number of nitrogens with zero attached hydrogens (tertiary/aromatic N) is 2. The molecular weight excluding hydrogens is 230 g/mol. The van der Waals surface area contributed by atoms with E-state index in [9.17, 15) is 0 Å². The van der Waals surface area contributed by atoms with Crippen LogP contribution in [0.5, 0.6) is 0 Å². The molecule has 0 saturated heterocycles. The van der Waals surface area contributed by atoms with Gasteiger partial charge in [0.1, 0.15) is 0 Å². The Bertz CT molecular complexity index is 447. The molecule has 0 amide bonds. The van der Waals surface area contributed by atoms with Gasteiger partial charge in [0.15, 0.2) is 0 Å². The van der Waals surface area contributed by atoms with Crippen LogP contribution in [0.1, 0.15) is 43.6 Å². The van der Waals surface area contributed by atoms with Gasteiger partial charge in [0.05, 0.1) is 5.69 Å². The average Bonchev–Trinajstić information content (AvgIpc) is 2.98. The van der Waals surface area contributed by atoms with Crippen molar-refractivity contribution in [2.24, 2.45) is 5.73 Å². The molecule has 0 saturated carbocycles. The summed E-state index contributed by atoms with van der Waals surface area (Å²) < 4.78 is 2.02. The van der Waals surface area contributed by atoms with E-state index in [1.54, 1.807) is 11.3 Å². The van der Waals surface area contributed by atoms with E-state index in [2.05, 4.69) is 41.8 Å². The van der Waals surface area contributed by atoms with Crippen LogP contribution < -0.4 is 5.73 Å². The van der Waals surface area contributed by atoms with Gasteiger partial charge < -0.3 is 5.73 Å². The molecule has 2 heterocycles. The third-order valence-electron chi connectivity index (χ3n) is 3.11. The third kappa shape index (κ3) is 2.96. The average molecular weight is 249 g/mol. The molecule has 0 aromatic carbocycles. The lowest BCUT2D eigenvalue weighted by Crippen LogP contribution is -2.13. The molecule has 2 rings (SSSR count). The molecule has 3 nitrogen and oxygen atoms in total. The Hall–Kier alpha value is -1.13. The molecule has 4 heteroatoms. The molecule has 0 aliphatic carbocycles. The summed E-state index contributed by atoms with van der Waals surface area (Å²) in [6.45, 7) is 4.35. The number of rotatable bonds is 5. The molecule has 2 atom stereocenters. The summed E-state index contributed by atoms with van der Waals surface area (Å²) >= 11 is 1.69. The van der Waals surface area contributed by atoms with Crippen LogP contribution in [0.15, 0.2) is 29.1 Å². The Balaban J connectivity index is 2.02. The summed E-state index contributed by atoms with van der Waals surface area (Å²) in [5, 5.41) is 8.74. The first-order chi connectivity index (χ1) is 8.20. The van der Waals surface area contributed by atoms with Gasteiger partial charge >= 0.3 is 0 Å². The normalized spacial score (nSPS) is 14.8. The van der Waals surface area contributed by atoms with Gasteiger partial charge in [0.25, 0.3) is 0 Å². The maximum atomic E-state index is 6.15. The van der Waals surface area contributed by atoms with E-state index in [0.29, 0.717) is 6.04 Å². The smallest absolute Gasteiger partial charge is 0.0643 e. The number of nitrogens with two attached hydrogens (primary N) is 1. The van der Waals surface area contributed by atoms with E-state index >= 15 is 0 Å². The van der Waals surface area contributed by atoms with Gasteiger partial charge in [-0.25, -0.2) is 0 Å². The van der Waals surface area contributed by atoms with E-state index in [-0.39, 0.29) is 6.04 Å². The van der Waals surface area contributed by atoms with Crippen LogP contribution in [0.4, 0.5) is 0 Å². The van der Waals surface area contributed by atoms with Gasteiger partial charge in [-0.1, -0.05) is 6.92 Å². The highest BCUT2D eigenvalue weighted by Gasteiger charge is 2.10. The Morgan fingerprint density at radius 3 is 2.94 bits per heavy atom. The Kier molecular flexibility index (Phi) is 3.97. The second-order valence-electron chi connectivity index (χ2n) is 4.41. The topological polar surface area (TPSA) is 43.8 Å². The molecule has 92 valence electrons. The fourth-order valence-electron chi connectivity index (χ4n) is 1.75. The van der Waals surface area contributed by atoms with E-state index < -0.39 is 0 Å². The number of hydrogen-bond donors (Lipinski definition) is 1. The van der Waals surface area contributed by atoms with Crippen molar-refractivity contribution in [3.8, 4) is 0 Å². The molecule has 0 radical (unpaired) electrons. The monoisotopic (exact) mass is 249 g/mol. The SMILES string of the molecule is CCC(C)n1ccc(CC(N)c2ccsc2)n1. The maximum Gasteiger partial charge on any atom is 0.0643 e. The van der Waals surface area contributed by atoms with Crippen molar-refractivity contribution in [2.45, 2.75) is 38.8 Å². The van der Waals surface area contributed by atoms with Crippen molar-refractivity contribution >= 4 is 11.3 Å². The quantitative estimate of drug-likeness (QED) is 0.884. The number of hydrogen-bond acceptors (Lipinski definition) is 3. The maximum absolute atomic E-state index is 6.15. The van der Waals surface area contributed by atoms with Gasteiger partial charge in [0.2, 0.25) is 0 Å². The lowest BCUT2D eigenvalue weighted by atomic mass is 10.1. The summed E-state index contributed by atoms with van der Waals surface area (Å²) in [7, 11) is 0. The fraction of sp³-hybridized carbons (Fsp3) is 0.462. The fourth-order valence-corrected chi connectivity index (χ4v) is 2.47. The molecule has 17 heavy (non-hydrogen) atoms. The summed E-state index contributed by atoms with van der Waals surface area (Å²) in [6.07, 6.45) is 3.95. The summed E-state index contributed by atoms with van der Waals surface area (Å²) in [4.78, 5) is 0. The van der Waals surface area contributed by atoms with Crippen LogP contribution in [0.25, 0.3) is 0 Å². The zero-order valence-electron chi connectivity index (χ0n) is 10.3. The lowest BCUT2D eigenvalue weighted by Gasteiger charge is -2.09. The predicted molar refractivity (Wildman–Crippen MR) is 72.2 cm³/mol. The van der Waals surface area contributed by atoms with Crippen LogP contribution in [-0.4, -0.2) is 9.78 Å². The molecule has 0 aliphatic rings. The zero-order chi connectivity index (χ0) is 12.3. The van der Waals surface area contributed by atoms with E-state index in [1.807, 2.05) is 10.9 Å². The Morgan fingerprint density at radius 1 is 1.47 bits per heavy atom. The molecule has 2 unspecified atom stereocenters. The lowest BCUT2D eigenvalue weighted by molar-refractivity contribution is 0.472. The highest BCUT2D eigenvalue weighted by atomic mass is 32.1. The van der Waals surface area contributed by atoms with Crippen molar-refractivity contribution in [3.05, 3.63) is 40.3 Å². The van der Waals surface area contributed by atoms with E-state index in [0.717, 1.165) is 18.5 Å². The predicted octanol–water partition coefficient (Wildman–Crippen LogP) is 3.16. The van der Waals surface area contributed by atoms with Crippen molar-refractivity contribution in [2.75, 3.05) is 0 Å². The van der Waals surface area contributed by atoms with Crippen LogP contribution in [0.3, 0.4) is 0 Å². The van der Waals surface area contributed by atoms with Crippen LogP contribution in [-0.2, 0) is 6.42 Å². The summed E-state index contributed by atoms with van der Waals surface area (Å²) in [5.41, 5.74) is 8.42. The van der Waals surface area contributed by atoms with Crippen LogP contribution in [0, 0.1) is 0 Å². The van der Waals surface area contributed by atoms with Crippen molar-refractivity contribution < 1.29 is 0 Å². The second-order valence-corrected chi connectivity index (χ2v) is 5.19. The number of thiophene rings is 1. The van der Waals surface area contributed by atoms with Gasteiger partial charge in [0, 0.05) is 24.7 Å². The minimum absolute atomic E-state index is 0.0570. The Labute approximate surface area is 106 Å². The van der Waals surface area contributed by atoms with Crippen molar-refractivity contribution in [3.63, 3.8) is 0 Å². The first-order valence-electron chi connectivity index (χ1n) is 6.02. The minimum atomic E-state index is 0.0570. The largest absolute Gasteiger partial charge is 0.324 e. The highest BCUT2D eigenvalue weighted by molar-refractivity contribution is 7.07. The third-order valence-corrected chi connectivity index (χ3v) is 3.81.